The van der Waals surface area contributed by atoms with Crippen molar-refractivity contribution < 1.29 is 33.8 Å². The highest BCUT2D eigenvalue weighted by Crippen LogP contribution is 2.37. The lowest BCUT2D eigenvalue weighted by molar-refractivity contribution is -0.168. The number of nitrogens with one attached hydrogen (secondary N) is 1. The number of imide groups is 2. The lowest BCUT2D eigenvalue weighted by Gasteiger charge is -2.47. The number of benzene rings is 2. The lowest BCUT2D eigenvalue weighted by Crippen LogP contribution is -2.58. The Hall–Kier alpha value is -5.61. The molecule has 4 saturated heterocycles. The Balaban J connectivity index is 0.728. The highest BCUT2D eigenvalue weighted by molar-refractivity contribution is 6.23. The molecule has 4 amide bonds. The van der Waals surface area contributed by atoms with E-state index < -0.39 is 47.8 Å². The molecule has 1 unspecified atom stereocenters. The summed E-state index contributed by atoms with van der Waals surface area (Å²) in [7, 11) is 0. The van der Waals surface area contributed by atoms with Gasteiger partial charge in [0.05, 0.1) is 34.0 Å². The highest BCUT2D eigenvalue weighted by atomic mass is 16.5. The summed E-state index contributed by atoms with van der Waals surface area (Å²) in [6.07, 6.45) is 4.46. The molecule has 1 aromatic heterocycles. The summed E-state index contributed by atoms with van der Waals surface area (Å²) < 4.78 is 5.25. The largest absolute Gasteiger partial charge is 0.507 e. The van der Waals surface area contributed by atoms with E-state index in [0.29, 0.717) is 29.1 Å². The number of amides is 4. The summed E-state index contributed by atoms with van der Waals surface area (Å²) in [4.78, 5) is 77.6. The fourth-order valence-electron chi connectivity index (χ4n) is 10.1. The van der Waals surface area contributed by atoms with E-state index in [9.17, 15) is 29.1 Å². The van der Waals surface area contributed by atoms with Gasteiger partial charge in [-0.2, -0.15) is 0 Å². The molecule has 0 bridgehead atoms. The summed E-state index contributed by atoms with van der Waals surface area (Å²) in [6.45, 7) is 14.4. The van der Waals surface area contributed by atoms with Gasteiger partial charge >= 0.3 is 5.97 Å². The number of hydrogen-bond donors (Lipinski definition) is 2. The fourth-order valence-corrected chi connectivity index (χ4v) is 10.1. The SMILES string of the molecule is CC(C)(C)C(=O)OCN1C(=O)CCC(N2C(=O)c3ccc(N4CCC(CN5CCC(CN6CCN7c8cc(-c9ccccc9O)nnc8NC[C@H]7C6)CC5)CC4)cc3C2=O)C1=O. The number of nitrogens with zero attached hydrogens (tertiary/aromatic N) is 8. The van der Waals surface area contributed by atoms with Gasteiger partial charge in [0.1, 0.15) is 11.8 Å². The standard InChI is InChI=1S/C46H57N9O7/c1-46(2,3)45(61)62-28-54-40(57)11-10-37(44(54)60)55-42(58)33-9-8-31(22-35(33)43(55)59)52-18-14-30(15-19-52)25-50-16-12-29(13-17-50)26-51-20-21-53-32(27-51)24-47-41-38(53)23-36(48-49-41)34-6-4-5-7-39(34)56/h4-9,22-23,29-30,32,37,56H,10-21,24-28H2,1-3H3,(H,47,49)/t32-,37?/m0/s1. The maximum absolute atomic E-state index is 13.8. The Morgan fingerprint density at radius 3 is 2.26 bits per heavy atom. The second-order valence-corrected chi connectivity index (χ2v) is 18.9. The summed E-state index contributed by atoms with van der Waals surface area (Å²) in [5.41, 5.74) is 3.00. The lowest BCUT2D eigenvalue weighted by atomic mass is 9.92. The molecule has 16 heteroatoms. The molecular weight excluding hydrogens is 791 g/mol. The van der Waals surface area contributed by atoms with Crippen LogP contribution in [0.4, 0.5) is 17.2 Å². The third-order valence-corrected chi connectivity index (χ3v) is 13.7. The molecule has 328 valence electrons. The van der Waals surface area contributed by atoms with Crippen molar-refractivity contribution in [3.8, 4) is 17.0 Å². The number of aromatic hydroxyl groups is 1. The minimum Gasteiger partial charge on any atom is -0.507 e. The molecule has 2 aromatic carbocycles. The molecule has 7 heterocycles. The van der Waals surface area contributed by atoms with E-state index in [1.54, 1.807) is 39.0 Å². The van der Waals surface area contributed by atoms with Gasteiger partial charge < -0.3 is 29.9 Å². The Morgan fingerprint density at radius 1 is 0.806 bits per heavy atom. The Bertz CT molecular complexity index is 2250. The smallest absolute Gasteiger partial charge is 0.312 e. The summed E-state index contributed by atoms with van der Waals surface area (Å²) in [5, 5.41) is 22.8. The maximum Gasteiger partial charge on any atom is 0.312 e. The quantitative estimate of drug-likeness (QED) is 0.233. The average molecular weight is 848 g/mol. The third-order valence-electron chi connectivity index (χ3n) is 13.7. The van der Waals surface area contributed by atoms with Crippen molar-refractivity contribution in [1.82, 2.24) is 29.8 Å². The van der Waals surface area contributed by atoms with Crippen LogP contribution in [-0.4, -0.2) is 149 Å². The van der Waals surface area contributed by atoms with E-state index >= 15 is 0 Å². The number of piperidine rings is 3. The van der Waals surface area contributed by atoms with E-state index in [1.807, 2.05) is 24.3 Å². The van der Waals surface area contributed by atoms with Gasteiger partial charge in [0, 0.05) is 70.0 Å². The first kappa shape index (κ1) is 41.7. The van der Waals surface area contributed by atoms with Crippen molar-refractivity contribution in [1.29, 1.82) is 0 Å². The number of carbonyl (C=O) groups is 5. The van der Waals surface area contributed by atoms with Crippen molar-refractivity contribution >= 4 is 46.8 Å². The molecule has 0 saturated carbocycles. The molecule has 6 aliphatic heterocycles. The zero-order valence-electron chi connectivity index (χ0n) is 35.9. The maximum atomic E-state index is 13.8. The van der Waals surface area contributed by atoms with Crippen LogP contribution in [0.2, 0.25) is 0 Å². The zero-order valence-corrected chi connectivity index (χ0v) is 35.9. The van der Waals surface area contributed by atoms with Gasteiger partial charge in [-0.25, -0.2) is 4.90 Å². The molecule has 3 aromatic rings. The van der Waals surface area contributed by atoms with Crippen molar-refractivity contribution in [2.75, 3.05) is 87.3 Å². The van der Waals surface area contributed by atoms with Crippen molar-refractivity contribution in [2.45, 2.75) is 71.4 Å². The van der Waals surface area contributed by atoms with Crippen LogP contribution in [0.15, 0.2) is 48.5 Å². The minimum absolute atomic E-state index is 0.0259. The second-order valence-electron chi connectivity index (χ2n) is 18.9. The topological polar surface area (TPSA) is 172 Å². The van der Waals surface area contributed by atoms with Gasteiger partial charge in [0.25, 0.3) is 17.7 Å². The van der Waals surface area contributed by atoms with Crippen LogP contribution >= 0.6 is 0 Å². The molecule has 6 aliphatic rings. The predicted octanol–water partition coefficient (Wildman–Crippen LogP) is 4.05. The molecular formula is C46H57N9O7. The highest BCUT2D eigenvalue weighted by Gasteiger charge is 2.48. The van der Waals surface area contributed by atoms with E-state index in [-0.39, 0.29) is 29.7 Å². The van der Waals surface area contributed by atoms with E-state index in [1.165, 1.54) is 12.8 Å². The number of fused-ring (bicyclic) bond motifs is 4. The number of phenols is 1. The third kappa shape index (κ3) is 8.21. The van der Waals surface area contributed by atoms with Crippen molar-refractivity contribution in [3.63, 3.8) is 0 Å². The first-order valence-corrected chi connectivity index (χ1v) is 22.2. The number of esters is 1. The number of piperazine rings is 1. The average Bonchev–Trinajstić information content (AvgIpc) is 3.51. The van der Waals surface area contributed by atoms with Crippen molar-refractivity contribution in [2.24, 2.45) is 17.3 Å². The Kier molecular flexibility index (Phi) is 11.4. The van der Waals surface area contributed by atoms with Crippen LogP contribution in [-0.2, 0) is 19.1 Å². The second kappa shape index (κ2) is 16.9. The van der Waals surface area contributed by atoms with Crippen LogP contribution < -0.4 is 15.1 Å². The number of para-hydroxylation sites is 1. The normalized spacial score (nSPS) is 23.0. The monoisotopic (exact) mass is 847 g/mol. The summed E-state index contributed by atoms with van der Waals surface area (Å²) in [6, 6.07) is 13.9. The van der Waals surface area contributed by atoms with E-state index in [4.69, 9.17) is 4.74 Å². The molecule has 0 radical (unpaired) electrons. The molecule has 2 N–H and O–H groups in total. The number of rotatable bonds is 9. The van der Waals surface area contributed by atoms with Gasteiger partial charge in [-0.15, -0.1) is 10.2 Å². The van der Waals surface area contributed by atoms with E-state index in [2.05, 4.69) is 41.2 Å². The summed E-state index contributed by atoms with van der Waals surface area (Å²) in [5.74, 6) is -0.600. The molecule has 0 aliphatic carbocycles. The Labute approximate surface area is 362 Å². The van der Waals surface area contributed by atoms with E-state index in [0.717, 1.165) is 105 Å². The molecule has 9 rings (SSSR count). The number of ether oxygens (including phenoxy) is 1. The van der Waals surface area contributed by atoms with Gasteiger partial charge in [-0.1, -0.05) is 12.1 Å². The zero-order chi connectivity index (χ0) is 43.3. The molecule has 62 heavy (non-hydrogen) atoms. The first-order chi connectivity index (χ1) is 29.8. The van der Waals surface area contributed by atoms with Crippen LogP contribution in [0.25, 0.3) is 11.3 Å². The first-order valence-electron chi connectivity index (χ1n) is 22.2. The fraction of sp³-hybridized carbons (Fsp3) is 0.543. The number of hydrogen-bond acceptors (Lipinski definition) is 14. The molecule has 0 spiro atoms. The van der Waals surface area contributed by atoms with Crippen LogP contribution in [0.3, 0.4) is 0 Å². The number of aromatic nitrogens is 2. The van der Waals surface area contributed by atoms with Crippen LogP contribution in [0.1, 0.15) is 80.0 Å². The van der Waals surface area contributed by atoms with Gasteiger partial charge in [-0.05, 0) is 114 Å². The van der Waals surface area contributed by atoms with Crippen molar-refractivity contribution in [3.05, 3.63) is 59.7 Å². The predicted molar refractivity (Wildman–Crippen MR) is 232 cm³/mol. The molecule has 4 fully saturated rings. The van der Waals surface area contributed by atoms with Gasteiger partial charge in [0.2, 0.25) is 5.91 Å². The minimum atomic E-state index is -1.15. The molecule has 16 nitrogen and oxygen atoms in total. The van der Waals surface area contributed by atoms with Crippen LogP contribution in [0, 0.1) is 17.3 Å². The Morgan fingerprint density at radius 2 is 1.52 bits per heavy atom. The number of carbonyl (C=O) groups excluding carboxylic acids is 5. The number of phenolic OH excluding ortho intramolecular Hbond substituents is 1. The van der Waals surface area contributed by atoms with Gasteiger partial charge in [-0.3, -0.25) is 33.8 Å². The molecule has 2 atom stereocenters. The number of anilines is 3. The van der Waals surface area contributed by atoms with Crippen LogP contribution in [0.5, 0.6) is 5.75 Å². The summed E-state index contributed by atoms with van der Waals surface area (Å²) >= 11 is 0. The van der Waals surface area contributed by atoms with Gasteiger partial charge in [0.15, 0.2) is 12.5 Å². The number of likely N-dealkylation sites (tertiary alicyclic amines) is 2.